The Morgan fingerprint density at radius 3 is 2.88 bits per heavy atom. The minimum Gasteiger partial charge on any atom is -0.389 e. The number of benzene rings is 1. The maximum Gasteiger partial charge on any atom is 0.0772 e. The van der Waals surface area contributed by atoms with Gasteiger partial charge in [-0.1, -0.05) is 28.9 Å². The molecule has 1 fully saturated rings. The number of anilines is 1. The minimum atomic E-state index is -0.422. The number of aliphatic hydroxyl groups excluding tert-OH is 1. The van der Waals surface area contributed by atoms with Crippen molar-refractivity contribution in [2.45, 2.75) is 25.2 Å². The number of thioether (sulfide) groups is 1. The van der Waals surface area contributed by atoms with Gasteiger partial charge >= 0.3 is 0 Å². The summed E-state index contributed by atoms with van der Waals surface area (Å²) in [6, 6.07) is 6.23. The molecular formula is C13H18BrNOS. The Balaban J connectivity index is 2.19. The summed E-state index contributed by atoms with van der Waals surface area (Å²) in [6.07, 6.45) is -0.422. The van der Waals surface area contributed by atoms with Crippen LogP contribution in [0.5, 0.6) is 0 Å². The molecule has 1 aliphatic rings. The van der Waals surface area contributed by atoms with Crippen molar-refractivity contribution < 1.29 is 5.11 Å². The van der Waals surface area contributed by atoms with Gasteiger partial charge in [-0.25, -0.2) is 0 Å². The van der Waals surface area contributed by atoms with E-state index in [1.807, 2.05) is 17.8 Å². The Labute approximate surface area is 116 Å². The number of aliphatic hydroxyl groups is 1. The molecule has 1 saturated heterocycles. The second-order valence-corrected chi connectivity index (χ2v) is 6.91. The Morgan fingerprint density at radius 2 is 2.29 bits per heavy atom. The van der Waals surface area contributed by atoms with E-state index in [2.05, 4.69) is 39.9 Å². The highest BCUT2D eigenvalue weighted by Gasteiger charge is 2.18. The number of hydrogen-bond acceptors (Lipinski definition) is 3. The van der Waals surface area contributed by atoms with Crippen molar-refractivity contribution in [2.24, 2.45) is 0 Å². The highest BCUT2D eigenvalue weighted by molar-refractivity contribution is 9.10. The molecule has 2 atom stereocenters. The molecule has 0 saturated carbocycles. The quantitative estimate of drug-likeness (QED) is 0.904. The van der Waals surface area contributed by atoms with Gasteiger partial charge in [0.2, 0.25) is 0 Å². The first kappa shape index (κ1) is 13.2. The zero-order valence-electron chi connectivity index (χ0n) is 10.2. The molecule has 1 aromatic carbocycles. The molecule has 0 radical (unpaired) electrons. The van der Waals surface area contributed by atoms with E-state index in [-0.39, 0.29) is 0 Å². The summed E-state index contributed by atoms with van der Waals surface area (Å²) in [4.78, 5) is 2.41. The van der Waals surface area contributed by atoms with Crippen molar-refractivity contribution in [3.63, 3.8) is 0 Å². The van der Waals surface area contributed by atoms with Crippen LogP contribution in [0.2, 0.25) is 0 Å². The SMILES string of the molecule is CC1CN(c2ccc([C@H](C)O)c(Br)c2)CCS1. The lowest BCUT2D eigenvalue weighted by molar-refractivity contribution is 0.198. The highest BCUT2D eigenvalue weighted by atomic mass is 79.9. The maximum atomic E-state index is 9.60. The van der Waals surface area contributed by atoms with Crippen LogP contribution in [-0.2, 0) is 0 Å². The van der Waals surface area contributed by atoms with Crippen LogP contribution in [0.25, 0.3) is 0 Å². The second-order valence-electron chi connectivity index (χ2n) is 4.51. The van der Waals surface area contributed by atoms with Crippen molar-refractivity contribution in [3.05, 3.63) is 28.2 Å². The third-order valence-corrected chi connectivity index (χ3v) is 4.86. The van der Waals surface area contributed by atoms with Gasteiger partial charge in [0.1, 0.15) is 0 Å². The molecule has 0 spiro atoms. The number of rotatable bonds is 2. The third kappa shape index (κ3) is 3.18. The van der Waals surface area contributed by atoms with Crippen molar-refractivity contribution in [2.75, 3.05) is 23.7 Å². The molecule has 4 heteroatoms. The summed E-state index contributed by atoms with van der Waals surface area (Å²) in [7, 11) is 0. The first-order chi connectivity index (χ1) is 8.08. The van der Waals surface area contributed by atoms with Crippen molar-refractivity contribution in [1.82, 2.24) is 0 Å². The fourth-order valence-corrected chi connectivity index (χ4v) is 3.82. The van der Waals surface area contributed by atoms with Gasteiger partial charge in [-0.15, -0.1) is 0 Å². The topological polar surface area (TPSA) is 23.5 Å². The normalized spacial score (nSPS) is 22.6. The van der Waals surface area contributed by atoms with Crippen LogP contribution in [0.1, 0.15) is 25.5 Å². The van der Waals surface area contributed by atoms with Crippen LogP contribution in [0.15, 0.2) is 22.7 Å². The standard InChI is InChI=1S/C13H18BrNOS/c1-9-8-15(5-6-17-9)11-3-4-12(10(2)16)13(14)7-11/h3-4,7,9-10,16H,5-6,8H2,1-2H3/t9?,10-/m0/s1. The summed E-state index contributed by atoms with van der Waals surface area (Å²) >= 11 is 5.57. The Morgan fingerprint density at radius 1 is 1.53 bits per heavy atom. The van der Waals surface area contributed by atoms with Crippen molar-refractivity contribution in [1.29, 1.82) is 0 Å². The molecule has 2 rings (SSSR count). The van der Waals surface area contributed by atoms with E-state index in [0.29, 0.717) is 5.25 Å². The van der Waals surface area contributed by atoms with E-state index in [4.69, 9.17) is 0 Å². The lowest BCUT2D eigenvalue weighted by atomic mass is 10.1. The van der Waals surface area contributed by atoms with Crippen molar-refractivity contribution >= 4 is 33.4 Å². The Kier molecular flexibility index (Phi) is 4.39. The average molecular weight is 316 g/mol. The molecule has 1 heterocycles. The number of hydrogen-bond donors (Lipinski definition) is 1. The van der Waals surface area contributed by atoms with E-state index < -0.39 is 6.10 Å². The van der Waals surface area contributed by atoms with Crippen LogP contribution in [0.3, 0.4) is 0 Å². The first-order valence-electron chi connectivity index (χ1n) is 5.92. The summed E-state index contributed by atoms with van der Waals surface area (Å²) in [6.45, 7) is 6.27. The maximum absolute atomic E-state index is 9.60. The van der Waals surface area contributed by atoms with Gasteiger partial charge in [-0.3, -0.25) is 0 Å². The number of nitrogens with zero attached hydrogens (tertiary/aromatic N) is 1. The van der Waals surface area contributed by atoms with Crippen LogP contribution in [-0.4, -0.2) is 29.2 Å². The fourth-order valence-electron chi connectivity index (χ4n) is 2.10. The van der Waals surface area contributed by atoms with Gasteiger partial charge < -0.3 is 10.0 Å². The monoisotopic (exact) mass is 315 g/mol. The lowest BCUT2D eigenvalue weighted by Crippen LogP contribution is -2.36. The lowest BCUT2D eigenvalue weighted by Gasteiger charge is -2.32. The fraction of sp³-hybridized carbons (Fsp3) is 0.538. The summed E-state index contributed by atoms with van der Waals surface area (Å²) in [5.41, 5.74) is 2.20. The average Bonchev–Trinajstić information content (AvgIpc) is 2.28. The minimum absolute atomic E-state index is 0.422. The highest BCUT2D eigenvalue weighted by Crippen LogP contribution is 2.30. The van der Waals surface area contributed by atoms with E-state index in [1.54, 1.807) is 6.92 Å². The molecule has 94 valence electrons. The van der Waals surface area contributed by atoms with Crippen LogP contribution in [0, 0.1) is 0 Å². The first-order valence-corrected chi connectivity index (χ1v) is 7.76. The van der Waals surface area contributed by atoms with E-state index in [1.165, 1.54) is 11.4 Å². The molecule has 0 amide bonds. The van der Waals surface area contributed by atoms with Crippen LogP contribution < -0.4 is 4.90 Å². The molecule has 1 aromatic rings. The molecular weight excluding hydrogens is 298 g/mol. The summed E-state index contributed by atoms with van der Waals surface area (Å²) in [5, 5.41) is 10.3. The Hall–Kier alpha value is -0.190. The van der Waals surface area contributed by atoms with Crippen molar-refractivity contribution in [3.8, 4) is 0 Å². The molecule has 0 aromatic heterocycles. The van der Waals surface area contributed by atoms with E-state index in [0.717, 1.165) is 23.1 Å². The molecule has 0 aliphatic carbocycles. The molecule has 2 nitrogen and oxygen atoms in total. The summed E-state index contributed by atoms with van der Waals surface area (Å²) < 4.78 is 0.996. The molecule has 17 heavy (non-hydrogen) atoms. The molecule has 1 aliphatic heterocycles. The van der Waals surface area contributed by atoms with Gasteiger partial charge in [-0.05, 0) is 24.6 Å². The van der Waals surface area contributed by atoms with Gasteiger partial charge in [0.25, 0.3) is 0 Å². The van der Waals surface area contributed by atoms with E-state index >= 15 is 0 Å². The zero-order valence-corrected chi connectivity index (χ0v) is 12.6. The van der Waals surface area contributed by atoms with Gasteiger partial charge in [0.15, 0.2) is 0 Å². The smallest absolute Gasteiger partial charge is 0.0772 e. The van der Waals surface area contributed by atoms with Gasteiger partial charge in [-0.2, -0.15) is 11.8 Å². The number of halogens is 1. The van der Waals surface area contributed by atoms with Gasteiger partial charge in [0, 0.05) is 34.3 Å². The van der Waals surface area contributed by atoms with Crippen LogP contribution in [0.4, 0.5) is 5.69 Å². The molecule has 1 unspecified atom stereocenters. The molecule has 0 bridgehead atoms. The largest absolute Gasteiger partial charge is 0.389 e. The van der Waals surface area contributed by atoms with Gasteiger partial charge in [0.05, 0.1) is 6.10 Å². The molecule has 1 N–H and O–H groups in total. The van der Waals surface area contributed by atoms with Crippen LogP contribution >= 0.6 is 27.7 Å². The van der Waals surface area contributed by atoms with E-state index in [9.17, 15) is 5.11 Å². The second kappa shape index (κ2) is 5.63. The Bertz CT molecular complexity index is 397. The predicted molar refractivity (Wildman–Crippen MR) is 78.9 cm³/mol. The summed E-state index contributed by atoms with van der Waals surface area (Å²) in [5.74, 6) is 1.19. The predicted octanol–water partition coefficient (Wildman–Crippen LogP) is 3.44. The zero-order chi connectivity index (χ0) is 12.4. The third-order valence-electron chi connectivity index (χ3n) is 3.04.